The molecule has 1 heterocycles. The van der Waals surface area contributed by atoms with Crippen LogP contribution in [0.1, 0.15) is 26.3 Å². The number of nitro groups is 1. The Morgan fingerprint density at radius 1 is 1.25 bits per heavy atom. The van der Waals surface area contributed by atoms with Crippen LogP contribution in [-0.4, -0.2) is 20.7 Å². The molecule has 2 rings (SSSR count). The molecule has 0 aliphatic rings. The lowest BCUT2D eigenvalue weighted by Crippen LogP contribution is -2.25. The highest BCUT2D eigenvalue weighted by Gasteiger charge is 2.33. The average molecular weight is 378 g/mol. The van der Waals surface area contributed by atoms with Gasteiger partial charge in [-0.3, -0.25) is 10.1 Å². The number of anilines is 1. The van der Waals surface area contributed by atoms with Crippen molar-refractivity contribution in [3.8, 4) is 0 Å². The van der Waals surface area contributed by atoms with E-state index in [0.717, 1.165) is 23.9 Å². The number of benzene rings is 1. The summed E-state index contributed by atoms with van der Waals surface area (Å²) < 4.78 is 38.5. The van der Waals surface area contributed by atoms with E-state index in [1.165, 1.54) is 11.3 Å². The fourth-order valence-electron chi connectivity index (χ4n) is 1.64. The molecule has 0 radical (unpaired) electrons. The maximum atomic E-state index is 12.7. The van der Waals surface area contributed by atoms with E-state index < -0.39 is 22.4 Å². The first-order valence-electron chi connectivity index (χ1n) is 6.61. The lowest BCUT2D eigenvalue weighted by atomic mass is 10.1. The number of halogens is 3. The summed E-state index contributed by atoms with van der Waals surface area (Å²) in [7, 11) is 0. The number of rotatable bonds is 4. The summed E-state index contributed by atoms with van der Waals surface area (Å²) in [6.45, 7) is 5.80. The predicted octanol–water partition coefficient (Wildman–Crippen LogP) is 4.83. The topological polar surface area (TPSA) is 81.0 Å². The van der Waals surface area contributed by atoms with Crippen LogP contribution in [0.2, 0.25) is 0 Å². The quantitative estimate of drug-likeness (QED) is 0.606. The molecule has 0 bridgehead atoms. The van der Waals surface area contributed by atoms with E-state index in [0.29, 0.717) is 15.5 Å². The lowest BCUT2D eigenvalue weighted by Gasteiger charge is -2.18. The first kappa shape index (κ1) is 18.5. The molecule has 0 aliphatic heterocycles. The van der Waals surface area contributed by atoms with Gasteiger partial charge < -0.3 is 5.32 Å². The maximum Gasteiger partial charge on any atom is 0.416 e. The number of alkyl halides is 3. The van der Waals surface area contributed by atoms with Crippen molar-refractivity contribution in [2.75, 3.05) is 5.32 Å². The van der Waals surface area contributed by atoms with Crippen LogP contribution in [0.25, 0.3) is 0 Å². The van der Waals surface area contributed by atoms with E-state index >= 15 is 0 Å². The highest BCUT2D eigenvalue weighted by Crippen LogP contribution is 2.40. The summed E-state index contributed by atoms with van der Waals surface area (Å²) in [5.41, 5.74) is -1.91. The monoisotopic (exact) mass is 378 g/mol. The summed E-state index contributed by atoms with van der Waals surface area (Å²) in [6.07, 6.45) is -4.64. The molecule has 1 N–H and O–H groups in total. The fraction of sp³-hybridized carbons (Fsp3) is 0.385. The number of hydrogen-bond acceptors (Lipinski definition) is 7. The highest BCUT2D eigenvalue weighted by atomic mass is 32.2. The maximum absolute atomic E-state index is 12.7. The van der Waals surface area contributed by atoms with Crippen LogP contribution in [-0.2, 0) is 6.18 Å². The predicted molar refractivity (Wildman–Crippen MR) is 85.5 cm³/mol. The van der Waals surface area contributed by atoms with Crippen molar-refractivity contribution in [1.82, 2.24) is 10.2 Å². The van der Waals surface area contributed by atoms with Crippen LogP contribution in [0.4, 0.5) is 24.0 Å². The molecule has 0 aliphatic carbocycles. The normalized spacial score (nSPS) is 12.2. The summed E-state index contributed by atoms with van der Waals surface area (Å²) >= 11 is 2.07. The molecule has 0 saturated carbocycles. The van der Waals surface area contributed by atoms with Crippen molar-refractivity contribution in [3.05, 3.63) is 33.9 Å². The van der Waals surface area contributed by atoms with Crippen molar-refractivity contribution in [2.24, 2.45) is 0 Å². The van der Waals surface area contributed by atoms with Gasteiger partial charge in [0.1, 0.15) is 0 Å². The standard InChI is InChI=1S/C13H13F3N4O2S2/c1-12(2,3)17-10-18-19-11(24-10)23-9-5-4-7(13(14,15)16)6-8(9)20(21)22/h4-6H,1-3H3,(H,17,18). The Morgan fingerprint density at radius 2 is 1.92 bits per heavy atom. The summed E-state index contributed by atoms with van der Waals surface area (Å²) in [6, 6.07) is 2.41. The van der Waals surface area contributed by atoms with Crippen LogP contribution in [0.15, 0.2) is 27.4 Å². The van der Waals surface area contributed by atoms with Gasteiger partial charge in [-0.15, -0.1) is 10.2 Å². The van der Waals surface area contributed by atoms with E-state index in [9.17, 15) is 23.3 Å². The average Bonchev–Trinajstić information content (AvgIpc) is 2.82. The second kappa shape index (κ2) is 6.55. The summed E-state index contributed by atoms with van der Waals surface area (Å²) in [5.74, 6) is 0. The van der Waals surface area contributed by atoms with Gasteiger partial charge in [0.15, 0.2) is 4.34 Å². The van der Waals surface area contributed by atoms with Gasteiger partial charge in [-0.25, -0.2) is 0 Å². The van der Waals surface area contributed by atoms with E-state index in [1.807, 2.05) is 20.8 Å². The smallest absolute Gasteiger partial charge is 0.355 e. The molecule has 130 valence electrons. The van der Waals surface area contributed by atoms with Crippen molar-refractivity contribution < 1.29 is 18.1 Å². The van der Waals surface area contributed by atoms with Gasteiger partial charge in [-0.2, -0.15) is 13.2 Å². The molecule has 24 heavy (non-hydrogen) atoms. The zero-order chi connectivity index (χ0) is 18.1. The fourth-order valence-corrected chi connectivity index (χ4v) is 3.64. The van der Waals surface area contributed by atoms with E-state index in [4.69, 9.17) is 0 Å². The van der Waals surface area contributed by atoms with Crippen molar-refractivity contribution in [2.45, 2.75) is 41.7 Å². The molecule has 0 fully saturated rings. The molecule has 2 aromatic rings. The Bertz CT molecular complexity index is 756. The van der Waals surface area contributed by atoms with Gasteiger partial charge >= 0.3 is 6.18 Å². The van der Waals surface area contributed by atoms with Gasteiger partial charge in [-0.1, -0.05) is 11.3 Å². The summed E-state index contributed by atoms with van der Waals surface area (Å²) in [4.78, 5) is 10.3. The number of nitro benzene ring substituents is 1. The second-order valence-electron chi connectivity index (χ2n) is 5.79. The Labute approximate surface area is 143 Å². The van der Waals surface area contributed by atoms with Crippen LogP contribution >= 0.6 is 23.1 Å². The summed E-state index contributed by atoms with van der Waals surface area (Å²) in [5, 5.41) is 22.5. The van der Waals surface area contributed by atoms with Crippen LogP contribution in [0.3, 0.4) is 0 Å². The molecule has 11 heteroatoms. The molecule has 6 nitrogen and oxygen atoms in total. The third-order valence-electron chi connectivity index (χ3n) is 2.57. The van der Waals surface area contributed by atoms with E-state index in [2.05, 4.69) is 15.5 Å². The molecule has 0 saturated heterocycles. The van der Waals surface area contributed by atoms with E-state index in [-0.39, 0.29) is 10.4 Å². The third-order valence-corrected chi connectivity index (χ3v) is 4.52. The molecular weight excluding hydrogens is 365 g/mol. The Kier molecular flexibility index (Phi) is 5.04. The molecule has 1 aromatic heterocycles. The molecule has 0 unspecified atom stereocenters. The largest absolute Gasteiger partial charge is 0.416 e. The molecular formula is C13H13F3N4O2S2. The molecule has 0 spiro atoms. The van der Waals surface area contributed by atoms with Crippen molar-refractivity contribution in [1.29, 1.82) is 0 Å². The first-order chi connectivity index (χ1) is 11.0. The van der Waals surface area contributed by atoms with Gasteiger partial charge in [0.05, 0.1) is 15.4 Å². The minimum absolute atomic E-state index is 0.0754. The first-order valence-corrected chi connectivity index (χ1v) is 8.24. The Balaban J connectivity index is 2.28. The second-order valence-corrected chi connectivity index (χ2v) is 8.05. The minimum atomic E-state index is -4.64. The lowest BCUT2D eigenvalue weighted by molar-refractivity contribution is -0.388. The van der Waals surface area contributed by atoms with Gasteiger partial charge in [0.25, 0.3) is 5.69 Å². The third kappa shape index (κ3) is 4.81. The number of nitrogens with zero attached hydrogens (tertiary/aromatic N) is 3. The minimum Gasteiger partial charge on any atom is -0.355 e. The number of aromatic nitrogens is 2. The molecule has 0 atom stereocenters. The number of nitrogens with one attached hydrogen (secondary N) is 1. The van der Waals surface area contributed by atoms with Crippen molar-refractivity contribution >= 4 is 33.9 Å². The van der Waals surface area contributed by atoms with Crippen LogP contribution < -0.4 is 5.32 Å². The van der Waals surface area contributed by atoms with E-state index in [1.54, 1.807) is 0 Å². The Morgan fingerprint density at radius 3 is 2.46 bits per heavy atom. The van der Waals surface area contributed by atoms with Gasteiger partial charge in [0.2, 0.25) is 5.13 Å². The highest BCUT2D eigenvalue weighted by molar-refractivity contribution is 8.01. The number of hydrogen-bond donors (Lipinski definition) is 1. The molecule has 1 aromatic carbocycles. The SMILES string of the molecule is CC(C)(C)Nc1nnc(Sc2ccc(C(F)(F)F)cc2[N+](=O)[O-])s1. The van der Waals surface area contributed by atoms with Crippen LogP contribution in [0, 0.1) is 10.1 Å². The zero-order valence-corrected chi connectivity index (χ0v) is 14.5. The van der Waals surface area contributed by atoms with Crippen molar-refractivity contribution in [3.63, 3.8) is 0 Å². The van der Waals surface area contributed by atoms with Crippen LogP contribution in [0.5, 0.6) is 0 Å². The molecule has 0 amide bonds. The van der Waals surface area contributed by atoms with Gasteiger partial charge in [-0.05, 0) is 44.7 Å². The zero-order valence-electron chi connectivity index (χ0n) is 12.8. The van der Waals surface area contributed by atoms with Gasteiger partial charge in [0, 0.05) is 11.6 Å². The Hall–Kier alpha value is -1.88.